The number of hydrogen-bond acceptors (Lipinski definition) is 3. The zero-order chi connectivity index (χ0) is 20.1. The lowest BCUT2D eigenvalue weighted by Gasteiger charge is -2.37. The predicted molar refractivity (Wildman–Crippen MR) is 105 cm³/mol. The van der Waals surface area contributed by atoms with Gasteiger partial charge < -0.3 is 19.9 Å². The van der Waals surface area contributed by atoms with E-state index in [1.54, 1.807) is 17.0 Å². The first kappa shape index (κ1) is 20.2. The standard InChI is InChI=1S/C20H22ClF2N3O2/c1-14(15-6-8-16(9-7-15)28-19(22)23)24-20(27)26-12-10-25(11-13-26)18-5-3-2-4-17(18)21/h2-9,14,19H,10-13H2,1H3,(H,24,27). The summed E-state index contributed by atoms with van der Waals surface area (Å²) in [5, 5.41) is 3.65. The third-order valence-electron chi connectivity index (χ3n) is 4.71. The molecule has 2 aromatic carbocycles. The number of hydrogen-bond donors (Lipinski definition) is 1. The molecule has 0 aromatic heterocycles. The van der Waals surface area contributed by atoms with Crippen LogP contribution in [-0.2, 0) is 0 Å². The molecule has 1 heterocycles. The summed E-state index contributed by atoms with van der Waals surface area (Å²) in [5.41, 5.74) is 1.79. The van der Waals surface area contributed by atoms with Crippen LogP contribution in [0.15, 0.2) is 48.5 Å². The Kier molecular flexibility index (Phi) is 6.57. The molecule has 1 aliphatic heterocycles. The summed E-state index contributed by atoms with van der Waals surface area (Å²) in [4.78, 5) is 16.5. The maximum atomic E-state index is 12.6. The maximum Gasteiger partial charge on any atom is 0.387 e. The average Bonchev–Trinajstić information content (AvgIpc) is 2.68. The van der Waals surface area contributed by atoms with Gasteiger partial charge in [-0.3, -0.25) is 0 Å². The molecule has 0 bridgehead atoms. The first-order valence-corrected chi connectivity index (χ1v) is 9.41. The van der Waals surface area contributed by atoms with Gasteiger partial charge in [-0.25, -0.2) is 4.79 Å². The second-order valence-electron chi connectivity index (χ2n) is 6.54. The van der Waals surface area contributed by atoms with Gasteiger partial charge in [0.25, 0.3) is 0 Å². The van der Waals surface area contributed by atoms with Crippen LogP contribution in [0.2, 0.25) is 5.02 Å². The Morgan fingerprint density at radius 2 is 1.71 bits per heavy atom. The number of ether oxygens (including phenoxy) is 1. The Morgan fingerprint density at radius 3 is 2.32 bits per heavy atom. The monoisotopic (exact) mass is 409 g/mol. The zero-order valence-corrected chi connectivity index (χ0v) is 16.2. The first-order valence-electron chi connectivity index (χ1n) is 9.03. The van der Waals surface area contributed by atoms with Crippen LogP contribution in [0, 0.1) is 0 Å². The molecule has 0 aliphatic carbocycles. The van der Waals surface area contributed by atoms with Gasteiger partial charge in [0.1, 0.15) is 5.75 Å². The summed E-state index contributed by atoms with van der Waals surface area (Å²) in [6.45, 7) is 1.57. The van der Waals surface area contributed by atoms with Crippen LogP contribution in [0.3, 0.4) is 0 Å². The van der Waals surface area contributed by atoms with Crippen molar-refractivity contribution in [2.24, 2.45) is 0 Å². The highest BCUT2D eigenvalue weighted by Crippen LogP contribution is 2.26. The summed E-state index contributed by atoms with van der Waals surface area (Å²) in [5.74, 6) is 0.0907. The van der Waals surface area contributed by atoms with E-state index in [1.165, 1.54) is 12.1 Å². The van der Waals surface area contributed by atoms with Crippen molar-refractivity contribution in [3.8, 4) is 5.75 Å². The lowest BCUT2D eigenvalue weighted by Crippen LogP contribution is -2.52. The Morgan fingerprint density at radius 1 is 1.07 bits per heavy atom. The normalized spacial score (nSPS) is 15.5. The van der Waals surface area contributed by atoms with Gasteiger partial charge in [-0.15, -0.1) is 0 Å². The Bertz CT molecular complexity index is 796. The minimum atomic E-state index is -2.85. The fourth-order valence-electron chi connectivity index (χ4n) is 3.16. The van der Waals surface area contributed by atoms with Crippen LogP contribution >= 0.6 is 11.6 Å². The molecule has 0 radical (unpaired) electrons. The second-order valence-corrected chi connectivity index (χ2v) is 6.95. The first-order chi connectivity index (χ1) is 13.4. The number of para-hydroxylation sites is 1. The third kappa shape index (κ3) is 5.04. The maximum absolute atomic E-state index is 12.6. The molecule has 5 nitrogen and oxygen atoms in total. The van der Waals surface area contributed by atoms with Gasteiger partial charge in [-0.1, -0.05) is 35.9 Å². The molecule has 1 saturated heterocycles. The molecule has 2 aromatic rings. The summed E-state index contributed by atoms with van der Waals surface area (Å²) in [6.07, 6.45) is 0. The molecule has 1 unspecified atom stereocenters. The topological polar surface area (TPSA) is 44.8 Å². The highest BCUT2D eigenvalue weighted by atomic mass is 35.5. The number of carbonyl (C=O) groups excluding carboxylic acids is 1. The van der Waals surface area contributed by atoms with Crippen molar-refractivity contribution >= 4 is 23.3 Å². The van der Waals surface area contributed by atoms with Gasteiger partial charge in [0.05, 0.1) is 16.8 Å². The Balaban J connectivity index is 1.52. The Hall–Kier alpha value is -2.54. The average molecular weight is 410 g/mol. The molecule has 1 fully saturated rings. The van der Waals surface area contributed by atoms with E-state index in [4.69, 9.17) is 11.6 Å². The van der Waals surface area contributed by atoms with Gasteiger partial charge in [0.15, 0.2) is 0 Å². The molecule has 0 spiro atoms. The number of amides is 2. The minimum absolute atomic E-state index is 0.0907. The van der Waals surface area contributed by atoms with E-state index in [-0.39, 0.29) is 17.8 Å². The molecule has 0 saturated carbocycles. The van der Waals surface area contributed by atoms with Crippen molar-refractivity contribution in [2.45, 2.75) is 19.6 Å². The summed E-state index contributed by atoms with van der Waals surface area (Å²) in [7, 11) is 0. The van der Waals surface area contributed by atoms with Gasteiger partial charge >= 0.3 is 12.6 Å². The SMILES string of the molecule is CC(NC(=O)N1CCN(c2ccccc2Cl)CC1)c1ccc(OC(F)F)cc1. The molecule has 1 N–H and O–H groups in total. The summed E-state index contributed by atoms with van der Waals surface area (Å²) < 4.78 is 28.8. The smallest absolute Gasteiger partial charge is 0.387 e. The lowest BCUT2D eigenvalue weighted by molar-refractivity contribution is -0.0498. The molecule has 1 aliphatic rings. The van der Waals surface area contributed by atoms with Gasteiger partial charge in [-0.05, 0) is 36.8 Å². The van der Waals surface area contributed by atoms with Crippen molar-refractivity contribution in [1.82, 2.24) is 10.2 Å². The van der Waals surface area contributed by atoms with Crippen LogP contribution in [-0.4, -0.2) is 43.7 Å². The quantitative estimate of drug-likeness (QED) is 0.788. The molecule has 2 amide bonds. The van der Waals surface area contributed by atoms with Crippen molar-refractivity contribution in [3.05, 3.63) is 59.1 Å². The fourth-order valence-corrected chi connectivity index (χ4v) is 3.41. The number of alkyl halides is 2. The van der Waals surface area contributed by atoms with Crippen LogP contribution < -0.4 is 15.0 Å². The van der Waals surface area contributed by atoms with E-state index >= 15 is 0 Å². The number of rotatable bonds is 5. The van der Waals surface area contributed by atoms with Gasteiger partial charge in [-0.2, -0.15) is 8.78 Å². The minimum Gasteiger partial charge on any atom is -0.435 e. The number of urea groups is 1. The number of halogens is 3. The van der Waals surface area contributed by atoms with Crippen molar-refractivity contribution in [2.75, 3.05) is 31.1 Å². The van der Waals surface area contributed by atoms with E-state index in [0.717, 1.165) is 11.3 Å². The summed E-state index contributed by atoms with van der Waals surface area (Å²) >= 11 is 6.25. The number of benzene rings is 2. The van der Waals surface area contributed by atoms with Gasteiger partial charge in [0, 0.05) is 26.2 Å². The third-order valence-corrected chi connectivity index (χ3v) is 5.02. The predicted octanol–water partition coefficient (Wildman–Crippen LogP) is 4.53. The lowest BCUT2D eigenvalue weighted by atomic mass is 10.1. The molecule has 28 heavy (non-hydrogen) atoms. The van der Waals surface area contributed by atoms with Crippen LogP contribution in [0.5, 0.6) is 5.75 Å². The van der Waals surface area contributed by atoms with Crippen LogP contribution in [0.4, 0.5) is 19.3 Å². The van der Waals surface area contributed by atoms with Crippen LogP contribution in [0.1, 0.15) is 18.5 Å². The van der Waals surface area contributed by atoms with Crippen LogP contribution in [0.25, 0.3) is 0 Å². The van der Waals surface area contributed by atoms with E-state index < -0.39 is 6.61 Å². The number of carbonyl (C=O) groups is 1. The van der Waals surface area contributed by atoms with Crippen molar-refractivity contribution < 1.29 is 18.3 Å². The highest BCUT2D eigenvalue weighted by Gasteiger charge is 2.23. The number of nitrogens with one attached hydrogen (secondary N) is 1. The number of anilines is 1. The molecule has 3 rings (SSSR count). The fraction of sp³-hybridized carbons (Fsp3) is 0.350. The van der Waals surface area contributed by atoms with E-state index in [1.807, 2.05) is 31.2 Å². The van der Waals surface area contributed by atoms with E-state index in [9.17, 15) is 13.6 Å². The molecule has 150 valence electrons. The highest BCUT2D eigenvalue weighted by molar-refractivity contribution is 6.33. The van der Waals surface area contributed by atoms with E-state index in [0.29, 0.717) is 31.2 Å². The Labute approximate surface area is 167 Å². The zero-order valence-electron chi connectivity index (χ0n) is 15.4. The second kappa shape index (κ2) is 9.10. The van der Waals surface area contributed by atoms with Crippen molar-refractivity contribution in [3.63, 3.8) is 0 Å². The molecular formula is C20H22ClF2N3O2. The molecular weight excluding hydrogens is 388 g/mol. The molecule has 1 atom stereocenters. The number of piperazine rings is 1. The van der Waals surface area contributed by atoms with Crippen molar-refractivity contribution in [1.29, 1.82) is 0 Å². The number of nitrogens with zero attached hydrogens (tertiary/aromatic N) is 2. The largest absolute Gasteiger partial charge is 0.435 e. The van der Waals surface area contributed by atoms with E-state index in [2.05, 4.69) is 15.0 Å². The van der Waals surface area contributed by atoms with Gasteiger partial charge in [0.2, 0.25) is 0 Å². The summed E-state index contributed by atoms with van der Waals surface area (Å²) in [6, 6.07) is 13.5. The molecule has 8 heteroatoms.